The molecule has 1 amide bonds. The van der Waals surface area contributed by atoms with E-state index in [-0.39, 0.29) is 6.54 Å². The van der Waals surface area contributed by atoms with Crippen LogP contribution in [0, 0.1) is 5.92 Å². The molecule has 2 N–H and O–H groups in total. The number of alkyl halides is 3. The molecule has 2 fully saturated rings. The Balaban J connectivity index is 1.64. The summed E-state index contributed by atoms with van der Waals surface area (Å²) in [6.45, 7) is -0.605. The van der Waals surface area contributed by atoms with Gasteiger partial charge in [-0.25, -0.2) is 0 Å². The molecule has 7 heteroatoms. The smallest absolute Gasteiger partial charge is 0.387 e. The molecule has 1 aliphatic carbocycles. The summed E-state index contributed by atoms with van der Waals surface area (Å²) < 4.78 is 35.5. The van der Waals surface area contributed by atoms with Gasteiger partial charge in [0, 0.05) is 13.1 Å². The number of hydrogen-bond donors (Lipinski definition) is 2. The quantitative estimate of drug-likeness (QED) is 0.747. The van der Waals surface area contributed by atoms with Gasteiger partial charge in [-0.05, 0) is 18.8 Å². The van der Waals surface area contributed by atoms with Gasteiger partial charge in [-0.15, -0.1) is 0 Å². The van der Waals surface area contributed by atoms with Crippen molar-refractivity contribution in [2.24, 2.45) is 5.92 Å². The number of nitrogens with one attached hydrogen (secondary N) is 1. The number of likely N-dealkylation sites (tertiary alicyclic amines) is 1. The Hall–Kier alpha value is -0.820. The van der Waals surface area contributed by atoms with Crippen molar-refractivity contribution in [3.8, 4) is 0 Å². The van der Waals surface area contributed by atoms with E-state index < -0.39 is 24.2 Å². The predicted molar refractivity (Wildman–Crippen MR) is 53.2 cm³/mol. The third-order valence-electron chi connectivity index (χ3n) is 3.19. The van der Waals surface area contributed by atoms with Crippen molar-refractivity contribution in [1.82, 2.24) is 10.2 Å². The maximum atomic E-state index is 11.8. The molecule has 4 nitrogen and oxygen atoms in total. The molecule has 0 aromatic rings. The standard InChI is InChI=1S/C10H15F3N2O2/c11-10(12,13)4-14-8(16)3-15-5-9(17,6-15)7-1-2-7/h7,17H,1-6H2,(H,14,16). The van der Waals surface area contributed by atoms with Crippen LogP contribution in [-0.2, 0) is 4.79 Å². The Morgan fingerprint density at radius 1 is 1.41 bits per heavy atom. The van der Waals surface area contributed by atoms with E-state index in [0.29, 0.717) is 19.0 Å². The Bertz CT molecular complexity index is 309. The summed E-state index contributed by atoms with van der Waals surface area (Å²) in [5.74, 6) is -0.336. The second kappa shape index (κ2) is 4.13. The maximum absolute atomic E-state index is 11.8. The van der Waals surface area contributed by atoms with Crippen molar-refractivity contribution in [1.29, 1.82) is 0 Å². The molecule has 1 aliphatic heterocycles. The molecule has 0 atom stereocenters. The van der Waals surface area contributed by atoms with Gasteiger partial charge in [-0.2, -0.15) is 13.2 Å². The average molecular weight is 252 g/mol. The van der Waals surface area contributed by atoms with Crippen molar-refractivity contribution in [2.75, 3.05) is 26.2 Å². The summed E-state index contributed by atoms with van der Waals surface area (Å²) in [6.07, 6.45) is -2.37. The molecular weight excluding hydrogens is 237 g/mol. The van der Waals surface area contributed by atoms with Crippen LogP contribution < -0.4 is 5.32 Å². The van der Waals surface area contributed by atoms with Crippen LogP contribution in [0.3, 0.4) is 0 Å². The predicted octanol–water partition coefficient (Wildman–Crippen LogP) is 0.122. The minimum Gasteiger partial charge on any atom is -0.387 e. The molecule has 0 spiro atoms. The van der Waals surface area contributed by atoms with Gasteiger partial charge >= 0.3 is 6.18 Å². The molecule has 1 saturated heterocycles. The van der Waals surface area contributed by atoms with E-state index in [2.05, 4.69) is 0 Å². The summed E-state index contributed by atoms with van der Waals surface area (Å²) in [7, 11) is 0. The lowest BCUT2D eigenvalue weighted by Gasteiger charge is -2.46. The number of β-amino-alcohol motifs (C(OH)–C–C–N with tert-alkyl or cyclic N) is 1. The van der Waals surface area contributed by atoms with E-state index in [1.54, 1.807) is 10.2 Å². The van der Waals surface area contributed by atoms with Gasteiger partial charge < -0.3 is 10.4 Å². The van der Waals surface area contributed by atoms with E-state index in [1.807, 2.05) is 0 Å². The highest BCUT2D eigenvalue weighted by atomic mass is 19.4. The fourth-order valence-electron chi connectivity index (χ4n) is 2.18. The molecule has 17 heavy (non-hydrogen) atoms. The number of rotatable bonds is 4. The number of amides is 1. The lowest BCUT2D eigenvalue weighted by atomic mass is 9.89. The Morgan fingerprint density at radius 3 is 2.47 bits per heavy atom. The highest BCUT2D eigenvalue weighted by molar-refractivity contribution is 5.78. The summed E-state index contributed by atoms with van der Waals surface area (Å²) in [5, 5.41) is 11.7. The maximum Gasteiger partial charge on any atom is 0.405 e. The molecule has 2 rings (SSSR count). The number of halogens is 3. The second-order valence-electron chi connectivity index (χ2n) is 4.91. The minimum atomic E-state index is -4.38. The lowest BCUT2D eigenvalue weighted by molar-refractivity contribution is -0.146. The summed E-state index contributed by atoms with van der Waals surface area (Å²) in [5.41, 5.74) is -0.704. The van der Waals surface area contributed by atoms with Crippen molar-refractivity contribution in [2.45, 2.75) is 24.6 Å². The van der Waals surface area contributed by atoms with Crippen LogP contribution >= 0.6 is 0 Å². The Kier molecular flexibility index (Phi) is 3.07. The fourth-order valence-corrected chi connectivity index (χ4v) is 2.18. The summed E-state index contributed by atoms with van der Waals surface area (Å²) in [4.78, 5) is 12.8. The fraction of sp³-hybridized carbons (Fsp3) is 0.900. The Labute approximate surface area is 96.8 Å². The molecule has 0 radical (unpaired) electrons. The highest BCUT2D eigenvalue weighted by Crippen LogP contribution is 2.44. The van der Waals surface area contributed by atoms with Crippen molar-refractivity contribution < 1.29 is 23.1 Å². The molecule has 1 saturated carbocycles. The SMILES string of the molecule is O=C(CN1CC(O)(C2CC2)C1)NCC(F)(F)F. The highest BCUT2D eigenvalue weighted by Gasteiger charge is 2.51. The van der Waals surface area contributed by atoms with Crippen LogP contribution in [0.1, 0.15) is 12.8 Å². The molecule has 0 unspecified atom stereocenters. The third kappa shape index (κ3) is 3.32. The largest absolute Gasteiger partial charge is 0.405 e. The second-order valence-corrected chi connectivity index (χ2v) is 4.91. The van der Waals surface area contributed by atoms with Crippen LogP contribution in [0.4, 0.5) is 13.2 Å². The van der Waals surface area contributed by atoms with E-state index in [9.17, 15) is 23.1 Å². The van der Waals surface area contributed by atoms with Gasteiger partial charge in [-0.3, -0.25) is 9.69 Å². The molecule has 0 bridgehead atoms. The number of carbonyl (C=O) groups is 1. The monoisotopic (exact) mass is 252 g/mol. The zero-order valence-electron chi connectivity index (χ0n) is 9.26. The minimum absolute atomic E-state index is 0.0783. The van der Waals surface area contributed by atoms with Crippen LogP contribution in [0.5, 0.6) is 0 Å². The first-order valence-corrected chi connectivity index (χ1v) is 5.57. The zero-order chi connectivity index (χ0) is 12.7. The number of hydrogen-bond acceptors (Lipinski definition) is 3. The van der Waals surface area contributed by atoms with Crippen LogP contribution in [-0.4, -0.2) is 53.9 Å². The van der Waals surface area contributed by atoms with Gasteiger partial charge in [-0.1, -0.05) is 0 Å². The van der Waals surface area contributed by atoms with Crippen LogP contribution in [0.25, 0.3) is 0 Å². The molecule has 98 valence electrons. The molecule has 2 aliphatic rings. The normalized spacial score (nSPS) is 24.2. The molecule has 0 aromatic carbocycles. The molecular formula is C10H15F3N2O2. The number of nitrogens with zero attached hydrogens (tertiary/aromatic N) is 1. The first-order chi connectivity index (χ1) is 7.78. The average Bonchev–Trinajstić information content (AvgIpc) is 2.94. The zero-order valence-corrected chi connectivity index (χ0v) is 9.26. The van der Waals surface area contributed by atoms with E-state index in [4.69, 9.17) is 0 Å². The molecule has 0 aromatic heterocycles. The molecule has 1 heterocycles. The summed E-state index contributed by atoms with van der Waals surface area (Å²) in [6, 6.07) is 0. The Morgan fingerprint density at radius 2 is 2.00 bits per heavy atom. The first kappa shape index (κ1) is 12.6. The van der Waals surface area contributed by atoms with Crippen molar-refractivity contribution >= 4 is 5.91 Å². The lowest BCUT2D eigenvalue weighted by Crippen LogP contribution is -2.64. The van der Waals surface area contributed by atoms with E-state index in [1.165, 1.54) is 0 Å². The number of aliphatic hydroxyl groups is 1. The van der Waals surface area contributed by atoms with Crippen molar-refractivity contribution in [3.63, 3.8) is 0 Å². The number of carbonyl (C=O) groups excluding carboxylic acids is 1. The van der Waals surface area contributed by atoms with Gasteiger partial charge in [0.15, 0.2) is 0 Å². The van der Waals surface area contributed by atoms with Crippen LogP contribution in [0.2, 0.25) is 0 Å². The van der Waals surface area contributed by atoms with Crippen LogP contribution in [0.15, 0.2) is 0 Å². The van der Waals surface area contributed by atoms with Gasteiger partial charge in [0.2, 0.25) is 5.91 Å². The van der Waals surface area contributed by atoms with E-state index >= 15 is 0 Å². The topological polar surface area (TPSA) is 52.6 Å². The van der Waals surface area contributed by atoms with Gasteiger partial charge in [0.1, 0.15) is 6.54 Å². The van der Waals surface area contributed by atoms with E-state index in [0.717, 1.165) is 12.8 Å². The third-order valence-corrected chi connectivity index (χ3v) is 3.19. The first-order valence-electron chi connectivity index (χ1n) is 5.57. The summed E-state index contributed by atoms with van der Waals surface area (Å²) >= 11 is 0. The van der Waals surface area contributed by atoms with Crippen molar-refractivity contribution in [3.05, 3.63) is 0 Å². The van der Waals surface area contributed by atoms with Gasteiger partial charge in [0.05, 0.1) is 12.1 Å². The van der Waals surface area contributed by atoms with Gasteiger partial charge in [0.25, 0.3) is 0 Å².